The molecule has 0 bridgehead atoms. The number of amides is 1. The molecule has 0 aliphatic carbocycles. The number of ether oxygens (including phenoxy) is 1. The summed E-state index contributed by atoms with van der Waals surface area (Å²) in [5.41, 5.74) is 1.84. The number of para-hydroxylation sites is 2. The van der Waals surface area contributed by atoms with E-state index < -0.39 is 0 Å². The lowest BCUT2D eigenvalue weighted by Crippen LogP contribution is -2.12. The average Bonchev–Trinajstić information content (AvgIpc) is 2.59. The predicted octanol–water partition coefficient (Wildman–Crippen LogP) is 5.17. The van der Waals surface area contributed by atoms with E-state index in [9.17, 15) is 4.79 Å². The molecule has 23 heavy (non-hydrogen) atoms. The largest absolute Gasteiger partial charge is 0.487 e. The zero-order chi connectivity index (χ0) is 16.3. The molecule has 0 atom stereocenters. The lowest BCUT2D eigenvalue weighted by molar-refractivity contribution is -0.116. The van der Waals surface area contributed by atoms with Crippen molar-refractivity contribution in [1.29, 1.82) is 0 Å². The van der Waals surface area contributed by atoms with Gasteiger partial charge in [-0.15, -0.1) is 0 Å². The monoisotopic (exact) mass is 311 g/mol. The van der Waals surface area contributed by atoms with E-state index in [1.54, 1.807) is 0 Å². The molecule has 0 heterocycles. The minimum absolute atomic E-state index is 0.0527. The van der Waals surface area contributed by atoms with E-state index in [2.05, 4.69) is 12.2 Å². The van der Waals surface area contributed by atoms with Crippen molar-refractivity contribution in [1.82, 2.24) is 0 Å². The zero-order valence-electron chi connectivity index (χ0n) is 13.8. The SMILES string of the molecule is CCCCCCC(=O)Nc1ccccc1OCc1ccccc1. The highest BCUT2D eigenvalue weighted by Gasteiger charge is 2.07. The highest BCUT2D eigenvalue weighted by molar-refractivity contribution is 5.92. The molecule has 0 spiro atoms. The van der Waals surface area contributed by atoms with Gasteiger partial charge in [0.25, 0.3) is 0 Å². The molecule has 122 valence electrons. The summed E-state index contributed by atoms with van der Waals surface area (Å²) < 4.78 is 5.85. The van der Waals surface area contributed by atoms with Gasteiger partial charge in [0, 0.05) is 6.42 Å². The fourth-order valence-corrected chi connectivity index (χ4v) is 2.36. The van der Waals surface area contributed by atoms with Gasteiger partial charge in [0.2, 0.25) is 5.91 Å². The summed E-state index contributed by atoms with van der Waals surface area (Å²) in [5.74, 6) is 0.759. The maximum atomic E-state index is 12.0. The summed E-state index contributed by atoms with van der Waals surface area (Å²) in [6.07, 6.45) is 4.97. The van der Waals surface area contributed by atoms with Crippen molar-refractivity contribution in [3.05, 3.63) is 60.2 Å². The van der Waals surface area contributed by atoms with Crippen molar-refractivity contribution >= 4 is 11.6 Å². The highest BCUT2D eigenvalue weighted by atomic mass is 16.5. The topological polar surface area (TPSA) is 38.3 Å². The third-order valence-corrected chi connectivity index (χ3v) is 3.66. The average molecular weight is 311 g/mol. The molecule has 1 N–H and O–H groups in total. The molecule has 2 rings (SSSR count). The van der Waals surface area contributed by atoms with Crippen LogP contribution in [-0.2, 0) is 11.4 Å². The third-order valence-electron chi connectivity index (χ3n) is 3.66. The number of rotatable bonds is 9. The quantitative estimate of drug-likeness (QED) is 0.648. The van der Waals surface area contributed by atoms with Crippen LogP contribution in [-0.4, -0.2) is 5.91 Å². The number of nitrogens with one attached hydrogen (secondary N) is 1. The second kappa shape index (κ2) is 9.67. The molecular formula is C20H25NO2. The van der Waals surface area contributed by atoms with Crippen LogP contribution in [0.1, 0.15) is 44.6 Å². The van der Waals surface area contributed by atoms with Gasteiger partial charge in [0.15, 0.2) is 0 Å². The molecule has 0 saturated carbocycles. The number of unbranched alkanes of at least 4 members (excludes halogenated alkanes) is 3. The molecule has 0 saturated heterocycles. The predicted molar refractivity (Wildman–Crippen MR) is 94.6 cm³/mol. The lowest BCUT2D eigenvalue weighted by Gasteiger charge is -2.12. The van der Waals surface area contributed by atoms with Gasteiger partial charge in [-0.1, -0.05) is 68.7 Å². The van der Waals surface area contributed by atoms with E-state index in [0.717, 1.165) is 24.1 Å². The maximum absolute atomic E-state index is 12.0. The van der Waals surface area contributed by atoms with E-state index in [4.69, 9.17) is 4.74 Å². The zero-order valence-corrected chi connectivity index (χ0v) is 13.8. The number of carbonyl (C=O) groups excluding carboxylic acids is 1. The standard InChI is InChI=1S/C20H25NO2/c1-2-3-4-8-15-20(22)21-18-13-9-10-14-19(18)23-16-17-11-6-5-7-12-17/h5-7,9-14H,2-4,8,15-16H2,1H3,(H,21,22). The molecule has 2 aromatic carbocycles. The minimum Gasteiger partial charge on any atom is -0.487 e. The number of hydrogen-bond acceptors (Lipinski definition) is 2. The van der Waals surface area contributed by atoms with Crippen molar-refractivity contribution < 1.29 is 9.53 Å². The number of anilines is 1. The molecule has 0 fully saturated rings. The molecular weight excluding hydrogens is 286 g/mol. The van der Waals surface area contributed by atoms with E-state index in [1.165, 1.54) is 12.8 Å². The van der Waals surface area contributed by atoms with E-state index >= 15 is 0 Å². The van der Waals surface area contributed by atoms with Crippen LogP contribution in [0, 0.1) is 0 Å². The van der Waals surface area contributed by atoms with E-state index in [1.807, 2.05) is 54.6 Å². The lowest BCUT2D eigenvalue weighted by atomic mass is 10.1. The molecule has 0 aromatic heterocycles. The first kappa shape index (κ1) is 17.1. The van der Waals surface area contributed by atoms with Gasteiger partial charge in [0.1, 0.15) is 12.4 Å². The normalized spacial score (nSPS) is 10.3. The van der Waals surface area contributed by atoms with Crippen LogP contribution in [0.3, 0.4) is 0 Å². The Morgan fingerprint density at radius 2 is 1.70 bits per heavy atom. The Hall–Kier alpha value is -2.29. The van der Waals surface area contributed by atoms with E-state index in [-0.39, 0.29) is 5.91 Å². The summed E-state index contributed by atoms with van der Waals surface area (Å²) in [6.45, 7) is 2.66. The summed E-state index contributed by atoms with van der Waals surface area (Å²) in [5, 5.41) is 2.96. The first-order valence-electron chi connectivity index (χ1n) is 8.35. The van der Waals surface area contributed by atoms with Gasteiger partial charge in [-0.2, -0.15) is 0 Å². The Balaban J connectivity index is 1.88. The Labute approximate surface area is 138 Å². The molecule has 0 radical (unpaired) electrons. The van der Waals surface area contributed by atoms with Crippen LogP contribution in [0.4, 0.5) is 5.69 Å². The Morgan fingerprint density at radius 1 is 0.957 bits per heavy atom. The van der Waals surface area contributed by atoms with E-state index in [0.29, 0.717) is 18.8 Å². The van der Waals surface area contributed by atoms with Crippen molar-refractivity contribution in [2.75, 3.05) is 5.32 Å². The van der Waals surface area contributed by atoms with Crippen molar-refractivity contribution in [2.24, 2.45) is 0 Å². The Morgan fingerprint density at radius 3 is 2.48 bits per heavy atom. The van der Waals surface area contributed by atoms with Crippen LogP contribution in [0.5, 0.6) is 5.75 Å². The molecule has 1 amide bonds. The first-order chi connectivity index (χ1) is 11.3. The Kier molecular flexibility index (Phi) is 7.18. The summed E-state index contributed by atoms with van der Waals surface area (Å²) in [4.78, 5) is 12.0. The highest BCUT2D eigenvalue weighted by Crippen LogP contribution is 2.25. The van der Waals surface area contributed by atoms with Crippen molar-refractivity contribution in [2.45, 2.75) is 45.6 Å². The van der Waals surface area contributed by atoms with Crippen LogP contribution >= 0.6 is 0 Å². The second-order valence-electron chi connectivity index (χ2n) is 5.63. The number of carbonyl (C=O) groups is 1. The molecule has 3 nitrogen and oxygen atoms in total. The fraction of sp³-hybridized carbons (Fsp3) is 0.350. The van der Waals surface area contributed by atoms with Gasteiger partial charge < -0.3 is 10.1 Å². The number of benzene rings is 2. The second-order valence-corrected chi connectivity index (χ2v) is 5.63. The Bertz CT molecular complexity index is 596. The van der Waals surface area contributed by atoms with Crippen LogP contribution in [0.2, 0.25) is 0 Å². The molecule has 2 aromatic rings. The molecule has 0 aliphatic heterocycles. The number of hydrogen-bond donors (Lipinski definition) is 1. The minimum atomic E-state index is 0.0527. The van der Waals surface area contributed by atoms with Gasteiger partial charge in [-0.25, -0.2) is 0 Å². The van der Waals surface area contributed by atoms with Crippen molar-refractivity contribution in [3.63, 3.8) is 0 Å². The molecule has 3 heteroatoms. The van der Waals surface area contributed by atoms with Crippen LogP contribution in [0.25, 0.3) is 0 Å². The molecule has 0 unspecified atom stereocenters. The third kappa shape index (κ3) is 6.15. The van der Waals surface area contributed by atoms with Gasteiger partial charge in [-0.3, -0.25) is 4.79 Å². The maximum Gasteiger partial charge on any atom is 0.224 e. The van der Waals surface area contributed by atoms with Crippen molar-refractivity contribution in [3.8, 4) is 5.75 Å². The first-order valence-corrected chi connectivity index (χ1v) is 8.35. The van der Waals surface area contributed by atoms with Crippen LogP contribution in [0.15, 0.2) is 54.6 Å². The smallest absolute Gasteiger partial charge is 0.224 e. The van der Waals surface area contributed by atoms with Gasteiger partial charge in [-0.05, 0) is 24.1 Å². The summed E-state index contributed by atoms with van der Waals surface area (Å²) >= 11 is 0. The van der Waals surface area contributed by atoms with Gasteiger partial charge in [0.05, 0.1) is 5.69 Å². The molecule has 0 aliphatic rings. The summed E-state index contributed by atoms with van der Waals surface area (Å²) in [6, 6.07) is 17.6. The van der Waals surface area contributed by atoms with Gasteiger partial charge >= 0.3 is 0 Å². The fourth-order valence-electron chi connectivity index (χ4n) is 2.36. The van der Waals surface area contributed by atoms with Crippen LogP contribution < -0.4 is 10.1 Å². The summed E-state index contributed by atoms with van der Waals surface area (Å²) in [7, 11) is 0.